The topological polar surface area (TPSA) is 41.1 Å². The van der Waals surface area contributed by atoms with Gasteiger partial charge in [0.15, 0.2) is 0 Å². The van der Waals surface area contributed by atoms with Crippen LogP contribution in [0.3, 0.4) is 0 Å². The lowest BCUT2D eigenvalue weighted by molar-refractivity contribution is 0.563. The maximum atomic E-state index is 4.58. The predicted octanol–water partition coefficient (Wildman–Crippen LogP) is 2.64. The molecule has 0 amide bonds. The number of aromatic nitrogens is 2. The highest BCUT2D eigenvalue weighted by atomic mass is 79.9. The summed E-state index contributed by atoms with van der Waals surface area (Å²) in [6.07, 6.45) is 0. The number of rotatable bonds is 2. The van der Waals surface area contributed by atoms with Crippen molar-refractivity contribution in [1.82, 2.24) is 9.97 Å². The van der Waals surface area contributed by atoms with Gasteiger partial charge in [-0.05, 0) is 15.9 Å². The molecular formula is C11H19BrN4. The summed E-state index contributed by atoms with van der Waals surface area (Å²) in [7, 11) is 5.74. The van der Waals surface area contributed by atoms with Crippen LogP contribution in [0.5, 0.6) is 0 Å². The second-order valence-corrected chi connectivity index (χ2v) is 5.72. The van der Waals surface area contributed by atoms with E-state index in [4.69, 9.17) is 0 Å². The average molecular weight is 287 g/mol. The number of nitrogens with one attached hydrogen (secondary N) is 1. The van der Waals surface area contributed by atoms with Crippen molar-refractivity contribution < 1.29 is 0 Å². The van der Waals surface area contributed by atoms with E-state index in [0.717, 1.165) is 21.9 Å². The third-order valence-corrected chi connectivity index (χ3v) is 2.94. The lowest BCUT2D eigenvalue weighted by atomic mass is 9.92. The molecule has 16 heavy (non-hydrogen) atoms. The van der Waals surface area contributed by atoms with Gasteiger partial charge in [-0.1, -0.05) is 20.8 Å². The van der Waals surface area contributed by atoms with E-state index in [2.05, 4.69) is 52.0 Å². The molecular weight excluding hydrogens is 268 g/mol. The Morgan fingerprint density at radius 2 is 1.75 bits per heavy atom. The Labute approximate surface area is 106 Å². The second kappa shape index (κ2) is 4.57. The van der Waals surface area contributed by atoms with Crippen LogP contribution < -0.4 is 10.2 Å². The highest BCUT2D eigenvalue weighted by Gasteiger charge is 2.23. The Kier molecular flexibility index (Phi) is 3.78. The molecule has 0 aliphatic heterocycles. The molecule has 4 nitrogen and oxygen atoms in total. The molecule has 1 heterocycles. The van der Waals surface area contributed by atoms with E-state index in [0.29, 0.717) is 0 Å². The van der Waals surface area contributed by atoms with Gasteiger partial charge in [-0.2, -0.15) is 4.98 Å². The zero-order valence-electron chi connectivity index (χ0n) is 10.7. The first kappa shape index (κ1) is 13.2. The zero-order chi connectivity index (χ0) is 12.5. The standard InChI is InChI=1S/C11H19BrN4/c1-11(2,3)8-7(12)9(13-4)15-10(14-8)16(5)6/h1-6H3,(H,13,14,15). The van der Waals surface area contributed by atoms with Gasteiger partial charge >= 0.3 is 0 Å². The quantitative estimate of drug-likeness (QED) is 0.908. The van der Waals surface area contributed by atoms with Gasteiger partial charge in [0.2, 0.25) is 5.95 Å². The summed E-state index contributed by atoms with van der Waals surface area (Å²) in [5.41, 5.74) is 0.994. The molecule has 0 fully saturated rings. The first-order valence-corrected chi connectivity index (χ1v) is 5.99. The lowest BCUT2D eigenvalue weighted by Gasteiger charge is -2.23. The summed E-state index contributed by atoms with van der Waals surface area (Å²) in [5, 5.41) is 3.08. The first-order valence-electron chi connectivity index (χ1n) is 5.20. The van der Waals surface area contributed by atoms with E-state index in [1.807, 2.05) is 26.0 Å². The van der Waals surface area contributed by atoms with E-state index >= 15 is 0 Å². The molecule has 0 unspecified atom stereocenters. The molecule has 0 aromatic carbocycles. The number of halogens is 1. The van der Waals surface area contributed by atoms with Crippen LogP contribution in [-0.2, 0) is 5.41 Å². The minimum absolute atomic E-state index is 0.0157. The fraction of sp³-hybridized carbons (Fsp3) is 0.636. The fourth-order valence-corrected chi connectivity index (χ4v) is 2.27. The number of anilines is 2. The number of nitrogens with zero attached hydrogens (tertiary/aromatic N) is 3. The lowest BCUT2D eigenvalue weighted by Crippen LogP contribution is -2.21. The highest BCUT2D eigenvalue weighted by Crippen LogP contribution is 2.33. The van der Waals surface area contributed by atoms with Crippen molar-refractivity contribution in [2.24, 2.45) is 0 Å². The molecule has 1 aromatic rings. The summed E-state index contributed by atoms with van der Waals surface area (Å²) in [4.78, 5) is 10.9. The van der Waals surface area contributed by atoms with Crippen molar-refractivity contribution in [2.75, 3.05) is 31.4 Å². The second-order valence-electron chi connectivity index (χ2n) is 4.93. The molecule has 0 aliphatic carbocycles. The first-order chi connectivity index (χ1) is 7.27. The molecule has 0 bridgehead atoms. The maximum absolute atomic E-state index is 4.58. The minimum Gasteiger partial charge on any atom is -0.372 e. The van der Waals surface area contributed by atoms with E-state index in [-0.39, 0.29) is 5.41 Å². The fourth-order valence-electron chi connectivity index (χ4n) is 1.30. The molecule has 1 rings (SSSR count). The number of hydrogen-bond acceptors (Lipinski definition) is 4. The Morgan fingerprint density at radius 1 is 1.19 bits per heavy atom. The molecule has 0 saturated heterocycles. The molecule has 0 aliphatic rings. The monoisotopic (exact) mass is 286 g/mol. The molecule has 0 saturated carbocycles. The summed E-state index contributed by atoms with van der Waals surface area (Å²) < 4.78 is 0.938. The summed E-state index contributed by atoms with van der Waals surface area (Å²) in [5.74, 6) is 1.54. The van der Waals surface area contributed by atoms with Crippen molar-refractivity contribution in [3.8, 4) is 0 Å². The van der Waals surface area contributed by atoms with E-state index in [1.165, 1.54) is 0 Å². The van der Waals surface area contributed by atoms with Crippen molar-refractivity contribution in [1.29, 1.82) is 0 Å². The average Bonchev–Trinajstić information content (AvgIpc) is 2.15. The molecule has 90 valence electrons. The normalized spacial score (nSPS) is 11.4. The number of hydrogen-bond donors (Lipinski definition) is 1. The van der Waals surface area contributed by atoms with E-state index < -0.39 is 0 Å². The summed E-state index contributed by atoms with van der Waals surface area (Å²) in [6, 6.07) is 0. The zero-order valence-corrected chi connectivity index (χ0v) is 12.3. The minimum atomic E-state index is -0.0157. The van der Waals surface area contributed by atoms with Crippen LogP contribution in [0, 0.1) is 0 Å². The molecule has 1 N–H and O–H groups in total. The van der Waals surface area contributed by atoms with Crippen molar-refractivity contribution in [3.63, 3.8) is 0 Å². The van der Waals surface area contributed by atoms with Gasteiger partial charge in [0.05, 0.1) is 10.2 Å². The molecule has 5 heteroatoms. The van der Waals surface area contributed by atoms with Gasteiger partial charge in [-0.3, -0.25) is 0 Å². The van der Waals surface area contributed by atoms with Crippen LogP contribution in [0.4, 0.5) is 11.8 Å². The van der Waals surface area contributed by atoms with Crippen molar-refractivity contribution in [2.45, 2.75) is 26.2 Å². The van der Waals surface area contributed by atoms with E-state index in [1.54, 1.807) is 0 Å². The predicted molar refractivity (Wildman–Crippen MR) is 72.3 cm³/mol. The Morgan fingerprint density at radius 3 is 2.12 bits per heavy atom. The van der Waals surface area contributed by atoms with Gasteiger partial charge in [-0.15, -0.1) is 0 Å². The van der Waals surface area contributed by atoms with Gasteiger partial charge < -0.3 is 10.2 Å². The molecule has 1 aromatic heterocycles. The summed E-state index contributed by atoms with van der Waals surface area (Å²) >= 11 is 3.55. The molecule has 0 spiro atoms. The van der Waals surface area contributed by atoms with Crippen LogP contribution in [0.1, 0.15) is 26.5 Å². The van der Waals surface area contributed by atoms with Crippen LogP contribution in [0.2, 0.25) is 0 Å². The van der Waals surface area contributed by atoms with Gasteiger partial charge in [0.25, 0.3) is 0 Å². The highest BCUT2D eigenvalue weighted by molar-refractivity contribution is 9.10. The van der Waals surface area contributed by atoms with Crippen molar-refractivity contribution >= 4 is 27.7 Å². The third kappa shape index (κ3) is 2.64. The molecule has 0 atom stereocenters. The van der Waals surface area contributed by atoms with Crippen LogP contribution in [-0.4, -0.2) is 31.1 Å². The van der Waals surface area contributed by atoms with Crippen LogP contribution >= 0.6 is 15.9 Å². The smallest absolute Gasteiger partial charge is 0.227 e. The maximum Gasteiger partial charge on any atom is 0.227 e. The SMILES string of the molecule is CNc1nc(N(C)C)nc(C(C)(C)C)c1Br. The Hall–Kier alpha value is -0.840. The van der Waals surface area contributed by atoms with Gasteiger partial charge in [0, 0.05) is 26.6 Å². The Balaban J connectivity index is 3.42. The van der Waals surface area contributed by atoms with Crippen molar-refractivity contribution in [3.05, 3.63) is 10.2 Å². The van der Waals surface area contributed by atoms with E-state index in [9.17, 15) is 0 Å². The van der Waals surface area contributed by atoms with Gasteiger partial charge in [-0.25, -0.2) is 4.98 Å². The largest absolute Gasteiger partial charge is 0.372 e. The van der Waals surface area contributed by atoms with Crippen LogP contribution in [0.15, 0.2) is 4.47 Å². The molecule has 0 radical (unpaired) electrons. The van der Waals surface area contributed by atoms with Gasteiger partial charge in [0.1, 0.15) is 5.82 Å². The van der Waals surface area contributed by atoms with Crippen LogP contribution in [0.25, 0.3) is 0 Å². The third-order valence-electron chi connectivity index (χ3n) is 2.19. The Bertz CT molecular complexity index is 382. The summed E-state index contributed by atoms with van der Waals surface area (Å²) in [6.45, 7) is 6.41.